The fourth-order valence-electron chi connectivity index (χ4n) is 1.70. The monoisotopic (exact) mass is 251 g/mol. The summed E-state index contributed by atoms with van der Waals surface area (Å²) < 4.78 is 10.7. The van der Waals surface area contributed by atoms with E-state index >= 15 is 0 Å². The molecule has 0 radical (unpaired) electrons. The van der Waals surface area contributed by atoms with Gasteiger partial charge in [-0.1, -0.05) is 11.6 Å². The average Bonchev–Trinajstić information content (AvgIpc) is 3.02. The minimum atomic E-state index is 0.535. The first-order chi connectivity index (χ1) is 8.33. The van der Waals surface area contributed by atoms with Crippen molar-refractivity contribution in [3.05, 3.63) is 28.5 Å². The Kier molecular flexibility index (Phi) is 2.68. The maximum Gasteiger partial charge on any atom is 0.235 e. The minimum Gasteiger partial charge on any atom is -0.474 e. The fraction of sp³-hybridized carbons (Fsp3) is 0.364. The normalized spacial score (nSPS) is 18.4. The number of nitrogens with zero attached hydrogens (tertiary/aromatic N) is 3. The molecule has 2 aliphatic rings. The van der Waals surface area contributed by atoms with Gasteiger partial charge in [0.15, 0.2) is 0 Å². The molecule has 1 aromatic rings. The van der Waals surface area contributed by atoms with E-state index < -0.39 is 0 Å². The van der Waals surface area contributed by atoms with E-state index in [2.05, 4.69) is 15.0 Å². The first-order valence-electron chi connectivity index (χ1n) is 5.36. The summed E-state index contributed by atoms with van der Waals surface area (Å²) in [7, 11) is 0. The van der Waals surface area contributed by atoms with E-state index in [1.807, 2.05) is 0 Å². The molecule has 0 aromatic carbocycles. The number of rotatable bonds is 2. The number of aromatic nitrogens is 1. The molecule has 88 valence electrons. The topological polar surface area (TPSA) is 56.1 Å². The highest BCUT2D eigenvalue weighted by molar-refractivity contribution is 6.31. The fourth-order valence-corrected chi connectivity index (χ4v) is 1.90. The summed E-state index contributed by atoms with van der Waals surface area (Å²) in [5.74, 6) is 1.07. The van der Waals surface area contributed by atoms with Crippen molar-refractivity contribution in [1.29, 1.82) is 0 Å². The van der Waals surface area contributed by atoms with Crippen LogP contribution in [0.2, 0.25) is 5.02 Å². The van der Waals surface area contributed by atoms with Gasteiger partial charge >= 0.3 is 0 Å². The Morgan fingerprint density at radius 1 is 0.941 bits per heavy atom. The van der Waals surface area contributed by atoms with Gasteiger partial charge in [0.25, 0.3) is 0 Å². The minimum absolute atomic E-state index is 0.535. The van der Waals surface area contributed by atoms with Gasteiger partial charge in [-0.3, -0.25) is 0 Å². The second-order valence-electron chi connectivity index (χ2n) is 3.63. The Bertz CT molecular complexity index is 471. The van der Waals surface area contributed by atoms with Gasteiger partial charge in [-0.2, -0.15) is 0 Å². The molecular weight excluding hydrogens is 242 g/mol. The summed E-state index contributed by atoms with van der Waals surface area (Å²) in [4.78, 5) is 12.8. The van der Waals surface area contributed by atoms with Crippen LogP contribution in [0.5, 0.6) is 0 Å². The second kappa shape index (κ2) is 4.33. The lowest BCUT2D eigenvalue weighted by Crippen LogP contribution is -2.10. The van der Waals surface area contributed by atoms with Gasteiger partial charge in [0, 0.05) is 5.02 Å². The van der Waals surface area contributed by atoms with Crippen molar-refractivity contribution in [3.63, 3.8) is 0 Å². The molecule has 1 aromatic heterocycles. The van der Waals surface area contributed by atoms with E-state index in [0.29, 0.717) is 54.5 Å². The van der Waals surface area contributed by atoms with E-state index in [1.54, 1.807) is 12.1 Å². The summed E-state index contributed by atoms with van der Waals surface area (Å²) in [6.45, 7) is 2.51. The highest BCUT2D eigenvalue weighted by Crippen LogP contribution is 2.16. The van der Waals surface area contributed by atoms with Crippen LogP contribution in [0.4, 0.5) is 0 Å². The molecular formula is C11H10ClN3O2. The van der Waals surface area contributed by atoms with Crippen LogP contribution >= 0.6 is 11.6 Å². The summed E-state index contributed by atoms with van der Waals surface area (Å²) in [5.41, 5.74) is 1.26. The van der Waals surface area contributed by atoms with Crippen LogP contribution in [-0.2, 0) is 9.47 Å². The Morgan fingerprint density at radius 3 is 1.88 bits per heavy atom. The molecule has 0 unspecified atom stereocenters. The van der Waals surface area contributed by atoms with Gasteiger partial charge in [-0.05, 0) is 12.1 Å². The first-order valence-corrected chi connectivity index (χ1v) is 5.73. The zero-order valence-electron chi connectivity index (χ0n) is 9.02. The predicted molar refractivity (Wildman–Crippen MR) is 64.0 cm³/mol. The number of pyridine rings is 1. The molecule has 2 aliphatic heterocycles. The third kappa shape index (κ3) is 2.10. The third-order valence-electron chi connectivity index (χ3n) is 2.40. The Balaban J connectivity index is 1.99. The highest BCUT2D eigenvalue weighted by Gasteiger charge is 2.17. The number of aliphatic imine (C=N–C) groups is 2. The van der Waals surface area contributed by atoms with Crippen LogP contribution in [0.15, 0.2) is 22.1 Å². The molecule has 0 amide bonds. The van der Waals surface area contributed by atoms with Gasteiger partial charge in [-0.15, -0.1) is 0 Å². The zero-order chi connectivity index (χ0) is 11.7. The molecule has 0 saturated carbocycles. The smallest absolute Gasteiger partial charge is 0.235 e. The molecule has 3 rings (SSSR count). The Labute approximate surface area is 103 Å². The van der Waals surface area contributed by atoms with Crippen molar-refractivity contribution >= 4 is 23.4 Å². The van der Waals surface area contributed by atoms with E-state index in [9.17, 15) is 0 Å². The molecule has 5 nitrogen and oxygen atoms in total. The molecule has 0 bridgehead atoms. The second-order valence-corrected chi connectivity index (χ2v) is 4.06. The van der Waals surface area contributed by atoms with E-state index in [-0.39, 0.29) is 0 Å². The summed E-state index contributed by atoms with van der Waals surface area (Å²) >= 11 is 6.05. The lowest BCUT2D eigenvalue weighted by Gasteiger charge is -2.05. The Hall–Kier alpha value is -1.62. The van der Waals surface area contributed by atoms with Crippen molar-refractivity contribution in [1.82, 2.24) is 4.98 Å². The van der Waals surface area contributed by atoms with Gasteiger partial charge in [0.05, 0.1) is 13.1 Å². The number of hydrogen-bond donors (Lipinski definition) is 0. The summed E-state index contributed by atoms with van der Waals surface area (Å²) in [6.07, 6.45) is 0. The molecule has 0 saturated heterocycles. The predicted octanol–water partition coefficient (Wildman–Crippen LogP) is 1.29. The van der Waals surface area contributed by atoms with E-state index in [1.165, 1.54) is 0 Å². The first kappa shape index (κ1) is 10.5. The molecule has 0 fully saturated rings. The van der Waals surface area contributed by atoms with Crippen molar-refractivity contribution in [2.75, 3.05) is 26.3 Å². The quantitative estimate of drug-likeness (QED) is 0.796. The van der Waals surface area contributed by atoms with Crippen molar-refractivity contribution in [3.8, 4) is 0 Å². The molecule has 17 heavy (non-hydrogen) atoms. The van der Waals surface area contributed by atoms with Crippen LogP contribution in [0.1, 0.15) is 11.4 Å². The van der Waals surface area contributed by atoms with Crippen LogP contribution in [0, 0.1) is 0 Å². The van der Waals surface area contributed by atoms with E-state index in [0.717, 1.165) is 0 Å². The summed E-state index contributed by atoms with van der Waals surface area (Å²) in [5, 5.41) is 0.571. The van der Waals surface area contributed by atoms with Crippen molar-refractivity contribution in [2.24, 2.45) is 9.98 Å². The number of hydrogen-bond acceptors (Lipinski definition) is 5. The molecule has 6 heteroatoms. The SMILES string of the molecule is Clc1cc(C2=NCCO2)nc(C2=NCCO2)c1. The number of halogens is 1. The van der Waals surface area contributed by atoms with Crippen LogP contribution in [-0.4, -0.2) is 43.1 Å². The number of ether oxygens (including phenoxy) is 2. The maximum atomic E-state index is 6.05. The van der Waals surface area contributed by atoms with Gasteiger partial charge < -0.3 is 9.47 Å². The third-order valence-corrected chi connectivity index (χ3v) is 2.62. The summed E-state index contributed by atoms with van der Waals surface area (Å²) in [6, 6.07) is 3.45. The van der Waals surface area contributed by atoms with Gasteiger partial charge in [0.2, 0.25) is 11.8 Å². The Morgan fingerprint density at radius 2 is 1.47 bits per heavy atom. The van der Waals surface area contributed by atoms with Crippen molar-refractivity contribution < 1.29 is 9.47 Å². The van der Waals surface area contributed by atoms with Crippen LogP contribution in [0.3, 0.4) is 0 Å². The lowest BCUT2D eigenvalue weighted by molar-refractivity contribution is 0.345. The zero-order valence-corrected chi connectivity index (χ0v) is 9.78. The largest absolute Gasteiger partial charge is 0.474 e. The van der Waals surface area contributed by atoms with Gasteiger partial charge in [-0.25, -0.2) is 15.0 Å². The van der Waals surface area contributed by atoms with Crippen LogP contribution in [0.25, 0.3) is 0 Å². The van der Waals surface area contributed by atoms with Crippen molar-refractivity contribution in [2.45, 2.75) is 0 Å². The van der Waals surface area contributed by atoms with Crippen LogP contribution < -0.4 is 0 Å². The highest BCUT2D eigenvalue weighted by atomic mass is 35.5. The molecule has 3 heterocycles. The maximum absolute atomic E-state index is 6.05. The lowest BCUT2D eigenvalue weighted by atomic mass is 10.3. The van der Waals surface area contributed by atoms with E-state index in [4.69, 9.17) is 21.1 Å². The average molecular weight is 252 g/mol. The standard InChI is InChI=1S/C11H10ClN3O2/c12-7-5-8(10-13-1-3-16-10)15-9(6-7)11-14-2-4-17-11/h5-6H,1-4H2. The molecule has 0 spiro atoms. The molecule has 0 aliphatic carbocycles. The van der Waals surface area contributed by atoms with Gasteiger partial charge in [0.1, 0.15) is 24.6 Å². The molecule has 0 atom stereocenters. The molecule has 0 N–H and O–H groups in total.